The Hall–Kier alpha value is -0.830. The number of halogens is 1. The second-order valence-electron chi connectivity index (χ2n) is 5.75. The summed E-state index contributed by atoms with van der Waals surface area (Å²) in [5.74, 6) is 2.27. The normalized spacial score (nSPS) is 20.7. The first-order valence-electron chi connectivity index (χ1n) is 7.38. The molecule has 2 heterocycles. The van der Waals surface area contributed by atoms with E-state index >= 15 is 0 Å². The Morgan fingerprint density at radius 2 is 2.11 bits per heavy atom. The number of hydrogen-bond acceptors (Lipinski definition) is 3. The first kappa shape index (κ1) is 14.6. The van der Waals surface area contributed by atoms with Gasteiger partial charge in [0, 0.05) is 18.7 Å². The summed E-state index contributed by atoms with van der Waals surface area (Å²) in [6, 6.07) is 0. The van der Waals surface area contributed by atoms with E-state index in [0.717, 1.165) is 30.4 Å². The third-order valence-corrected chi connectivity index (χ3v) is 4.42. The molecule has 106 valence electrons. The molecule has 19 heavy (non-hydrogen) atoms. The molecule has 0 bridgehead atoms. The minimum Gasteiger partial charge on any atom is -0.356 e. The Labute approximate surface area is 121 Å². The lowest BCUT2D eigenvalue weighted by molar-refractivity contribution is 0.459. The quantitative estimate of drug-likeness (QED) is 0.775. The highest BCUT2D eigenvalue weighted by molar-refractivity contribution is 6.30. The molecule has 1 aliphatic heterocycles. The smallest absolute Gasteiger partial charge is 0.138 e. The lowest BCUT2D eigenvalue weighted by Gasteiger charge is -2.25. The van der Waals surface area contributed by atoms with Crippen molar-refractivity contribution in [1.82, 2.24) is 9.97 Å². The molecule has 1 atom stereocenters. The number of rotatable bonds is 3. The molecule has 4 heteroatoms. The fourth-order valence-electron chi connectivity index (χ4n) is 2.90. The van der Waals surface area contributed by atoms with Gasteiger partial charge < -0.3 is 4.90 Å². The van der Waals surface area contributed by atoms with Gasteiger partial charge in [0.15, 0.2) is 0 Å². The maximum atomic E-state index is 6.26. The van der Waals surface area contributed by atoms with Crippen LogP contribution in [0.25, 0.3) is 0 Å². The van der Waals surface area contributed by atoms with Crippen LogP contribution in [-0.2, 0) is 0 Å². The summed E-state index contributed by atoms with van der Waals surface area (Å²) < 4.78 is 0. The second-order valence-corrected chi connectivity index (χ2v) is 6.11. The molecule has 0 aliphatic carbocycles. The summed E-state index contributed by atoms with van der Waals surface area (Å²) in [6.07, 6.45) is 6.72. The van der Waals surface area contributed by atoms with Gasteiger partial charge in [-0.15, -0.1) is 0 Å². The van der Waals surface area contributed by atoms with Crippen molar-refractivity contribution in [2.75, 3.05) is 18.0 Å². The minimum absolute atomic E-state index is 0.355. The van der Waals surface area contributed by atoms with E-state index in [1.165, 1.54) is 25.7 Å². The summed E-state index contributed by atoms with van der Waals surface area (Å²) in [7, 11) is 0. The Morgan fingerprint density at radius 3 is 2.79 bits per heavy atom. The predicted molar refractivity (Wildman–Crippen MR) is 81.0 cm³/mol. The van der Waals surface area contributed by atoms with Crippen LogP contribution in [0.15, 0.2) is 6.33 Å². The van der Waals surface area contributed by atoms with Crippen molar-refractivity contribution < 1.29 is 0 Å². The summed E-state index contributed by atoms with van der Waals surface area (Å²) in [5.41, 5.74) is 1.10. The zero-order valence-corrected chi connectivity index (χ0v) is 13.0. The van der Waals surface area contributed by atoms with Crippen LogP contribution in [0, 0.1) is 5.92 Å². The molecule has 0 radical (unpaired) electrons. The largest absolute Gasteiger partial charge is 0.356 e. The molecule has 1 unspecified atom stereocenters. The van der Waals surface area contributed by atoms with Crippen LogP contribution in [0.4, 0.5) is 5.82 Å². The van der Waals surface area contributed by atoms with Crippen molar-refractivity contribution in [3.8, 4) is 0 Å². The molecule has 0 amide bonds. The second kappa shape index (κ2) is 6.56. The molecule has 3 nitrogen and oxygen atoms in total. The van der Waals surface area contributed by atoms with Crippen molar-refractivity contribution in [2.24, 2.45) is 5.92 Å². The molecule has 1 fully saturated rings. The van der Waals surface area contributed by atoms with Gasteiger partial charge in [-0.3, -0.25) is 0 Å². The van der Waals surface area contributed by atoms with E-state index in [1.807, 2.05) is 0 Å². The highest BCUT2D eigenvalue weighted by Gasteiger charge is 2.22. The lowest BCUT2D eigenvalue weighted by atomic mass is 9.98. The molecule has 1 aliphatic rings. The summed E-state index contributed by atoms with van der Waals surface area (Å²) in [4.78, 5) is 11.0. The van der Waals surface area contributed by atoms with E-state index in [2.05, 4.69) is 35.6 Å². The predicted octanol–water partition coefficient (Wildman–Crippen LogP) is 4.27. The van der Waals surface area contributed by atoms with Gasteiger partial charge in [0.1, 0.15) is 17.3 Å². The van der Waals surface area contributed by atoms with Gasteiger partial charge in [0.2, 0.25) is 0 Å². The van der Waals surface area contributed by atoms with E-state index < -0.39 is 0 Å². The molecule has 1 aromatic rings. The first-order valence-corrected chi connectivity index (χ1v) is 7.76. The molecule has 0 aromatic carbocycles. The van der Waals surface area contributed by atoms with Crippen molar-refractivity contribution in [3.63, 3.8) is 0 Å². The molecule has 2 rings (SSSR count). The van der Waals surface area contributed by atoms with Crippen LogP contribution >= 0.6 is 11.6 Å². The lowest BCUT2D eigenvalue weighted by Crippen LogP contribution is -2.27. The Morgan fingerprint density at radius 1 is 1.32 bits per heavy atom. The fraction of sp³-hybridized carbons (Fsp3) is 0.733. The van der Waals surface area contributed by atoms with E-state index in [4.69, 9.17) is 11.6 Å². The van der Waals surface area contributed by atoms with Crippen molar-refractivity contribution >= 4 is 17.4 Å². The summed E-state index contributed by atoms with van der Waals surface area (Å²) >= 11 is 6.26. The van der Waals surface area contributed by atoms with Gasteiger partial charge in [-0.1, -0.05) is 38.8 Å². The van der Waals surface area contributed by atoms with Gasteiger partial charge >= 0.3 is 0 Å². The van der Waals surface area contributed by atoms with Gasteiger partial charge in [-0.25, -0.2) is 9.97 Å². The van der Waals surface area contributed by atoms with Crippen LogP contribution in [0.3, 0.4) is 0 Å². The highest BCUT2D eigenvalue weighted by Crippen LogP contribution is 2.32. The first-order chi connectivity index (χ1) is 9.13. The van der Waals surface area contributed by atoms with E-state index in [9.17, 15) is 0 Å². The number of anilines is 1. The van der Waals surface area contributed by atoms with Crippen molar-refractivity contribution in [1.29, 1.82) is 0 Å². The van der Waals surface area contributed by atoms with Crippen LogP contribution < -0.4 is 4.90 Å². The van der Waals surface area contributed by atoms with Crippen molar-refractivity contribution in [3.05, 3.63) is 17.0 Å². The van der Waals surface area contributed by atoms with Crippen LogP contribution in [0.1, 0.15) is 57.9 Å². The average Bonchev–Trinajstić information content (AvgIpc) is 2.63. The third kappa shape index (κ3) is 3.38. The maximum absolute atomic E-state index is 6.26. The molecule has 0 saturated carbocycles. The van der Waals surface area contributed by atoms with Crippen LogP contribution in [0.5, 0.6) is 0 Å². The van der Waals surface area contributed by atoms with E-state index in [1.54, 1.807) is 6.33 Å². The van der Waals surface area contributed by atoms with Gasteiger partial charge in [-0.2, -0.15) is 0 Å². The Bertz CT molecular complexity index is 420. The van der Waals surface area contributed by atoms with Crippen molar-refractivity contribution in [2.45, 2.75) is 52.4 Å². The zero-order valence-electron chi connectivity index (χ0n) is 12.2. The Balaban J connectivity index is 2.24. The standard InChI is InChI=1S/C15H24ClN3/c1-4-12-6-5-8-19(9-7-12)15-13(11(2)3)14(16)17-10-18-15/h10-12H,4-9H2,1-3H3. The molecule has 1 saturated heterocycles. The average molecular weight is 282 g/mol. The maximum Gasteiger partial charge on any atom is 0.138 e. The molecule has 1 aromatic heterocycles. The SMILES string of the molecule is CCC1CCCN(c2ncnc(Cl)c2C(C)C)CC1. The highest BCUT2D eigenvalue weighted by atomic mass is 35.5. The molecular formula is C15H24ClN3. The summed E-state index contributed by atoms with van der Waals surface area (Å²) in [5, 5.41) is 0.608. The summed E-state index contributed by atoms with van der Waals surface area (Å²) in [6.45, 7) is 8.78. The number of hydrogen-bond donors (Lipinski definition) is 0. The van der Waals surface area contributed by atoms with Gasteiger partial charge in [0.25, 0.3) is 0 Å². The number of aromatic nitrogens is 2. The monoisotopic (exact) mass is 281 g/mol. The topological polar surface area (TPSA) is 29.0 Å². The van der Waals surface area contributed by atoms with Crippen LogP contribution in [-0.4, -0.2) is 23.1 Å². The zero-order chi connectivity index (χ0) is 13.8. The molecule has 0 N–H and O–H groups in total. The number of nitrogens with zero attached hydrogens (tertiary/aromatic N) is 3. The van der Waals surface area contributed by atoms with Crippen LogP contribution in [0.2, 0.25) is 5.15 Å². The van der Waals surface area contributed by atoms with Gasteiger partial charge in [0.05, 0.1) is 0 Å². The fourth-order valence-corrected chi connectivity index (χ4v) is 3.25. The minimum atomic E-state index is 0.355. The van der Waals surface area contributed by atoms with E-state index in [0.29, 0.717) is 11.1 Å². The van der Waals surface area contributed by atoms with Gasteiger partial charge in [-0.05, 0) is 31.1 Å². The molecule has 0 spiro atoms. The van der Waals surface area contributed by atoms with E-state index in [-0.39, 0.29) is 0 Å². The Kier molecular flexibility index (Phi) is 5.03. The third-order valence-electron chi connectivity index (χ3n) is 4.12. The molecular weight excluding hydrogens is 258 g/mol.